The largest absolute Gasteiger partial charge is 0.462 e. The van der Waals surface area contributed by atoms with E-state index < -0.39 is 6.10 Å². The van der Waals surface area contributed by atoms with Crippen LogP contribution in [0.2, 0.25) is 0 Å². The molecular formula is C63H98O5. The zero-order chi connectivity index (χ0) is 49.2. The third-order valence-corrected chi connectivity index (χ3v) is 10.8. The summed E-state index contributed by atoms with van der Waals surface area (Å²) in [7, 11) is 0. The summed E-state index contributed by atoms with van der Waals surface area (Å²) in [6, 6.07) is 0. The summed E-state index contributed by atoms with van der Waals surface area (Å²) in [6.45, 7) is 3.88. The molecule has 0 saturated carbocycles. The minimum atomic E-state index is -0.797. The predicted molar refractivity (Wildman–Crippen MR) is 297 cm³/mol. The second kappa shape index (κ2) is 56.8. The van der Waals surface area contributed by atoms with Crippen molar-refractivity contribution in [2.24, 2.45) is 0 Å². The van der Waals surface area contributed by atoms with E-state index in [4.69, 9.17) is 9.47 Å². The van der Waals surface area contributed by atoms with Crippen molar-refractivity contribution < 1.29 is 24.2 Å². The molecular weight excluding hydrogens is 837 g/mol. The molecule has 0 fully saturated rings. The monoisotopic (exact) mass is 935 g/mol. The number of aliphatic hydroxyl groups excluding tert-OH is 1. The van der Waals surface area contributed by atoms with Gasteiger partial charge in [-0.3, -0.25) is 9.59 Å². The fraction of sp³-hybridized carbons (Fsp3) is 0.556. The third kappa shape index (κ3) is 54.1. The molecule has 5 nitrogen and oxygen atoms in total. The Hall–Kier alpha value is -4.48. The van der Waals surface area contributed by atoms with Crippen molar-refractivity contribution >= 4 is 11.9 Å². The lowest BCUT2D eigenvalue weighted by Gasteiger charge is -2.15. The Morgan fingerprint density at radius 2 is 0.588 bits per heavy atom. The Kier molecular flexibility index (Phi) is 53.1. The van der Waals surface area contributed by atoms with Gasteiger partial charge in [-0.1, -0.05) is 230 Å². The highest BCUT2D eigenvalue weighted by Crippen LogP contribution is 2.13. The first-order valence-electron chi connectivity index (χ1n) is 27.0. The van der Waals surface area contributed by atoms with Crippen LogP contribution in [0.15, 0.2) is 158 Å². The Balaban J connectivity index is 3.65. The molecule has 0 bridgehead atoms. The molecule has 0 amide bonds. The van der Waals surface area contributed by atoms with E-state index in [2.05, 4.69) is 172 Å². The first-order chi connectivity index (χ1) is 33.6. The summed E-state index contributed by atoms with van der Waals surface area (Å²) in [4.78, 5) is 24.5. The maximum atomic E-state index is 12.3. The number of carbonyl (C=O) groups is 2. The normalized spacial score (nSPS) is 13.5. The lowest BCUT2D eigenvalue weighted by molar-refractivity contribution is -0.161. The molecule has 0 aliphatic heterocycles. The molecule has 1 N–H and O–H groups in total. The number of unbranched alkanes of at least 4 members (excludes halogenated alkanes) is 13. The Bertz CT molecular complexity index is 1520. The van der Waals surface area contributed by atoms with Crippen molar-refractivity contribution in [1.82, 2.24) is 0 Å². The standard InChI is InChI=1S/C63H98O5/c1-3-5-7-9-11-13-15-17-19-21-23-24-25-26-27-28-29-30-31-32-33-34-35-36-37-38-40-42-44-46-48-50-52-54-56-58-63(66)68-61(59-64)60-67-62(65)57-55-53-51-49-47-45-43-41-39-22-20-18-16-14-12-10-8-6-4-2/h5-8,11-14,17-20,23-24,26-27,29-30,32-33,35-36,38-41,61,64H,3-4,9-10,15-16,21-22,25,28,31,34,37,42-60H2,1-2H3/b7-5-,8-6-,13-11-,14-12-,19-17-,20-18-,24-23-,27-26-,30-29-,33-32-,36-35-,40-38-,41-39-. The van der Waals surface area contributed by atoms with Gasteiger partial charge in [0.05, 0.1) is 6.61 Å². The summed E-state index contributed by atoms with van der Waals surface area (Å²) in [5, 5.41) is 9.64. The Morgan fingerprint density at radius 1 is 0.338 bits per heavy atom. The van der Waals surface area contributed by atoms with Crippen molar-refractivity contribution in [2.75, 3.05) is 13.2 Å². The highest BCUT2D eigenvalue weighted by molar-refractivity contribution is 5.70. The van der Waals surface area contributed by atoms with Gasteiger partial charge in [-0.15, -0.1) is 0 Å². The van der Waals surface area contributed by atoms with E-state index in [0.717, 1.165) is 135 Å². The summed E-state index contributed by atoms with van der Waals surface area (Å²) in [5.74, 6) is -0.632. The van der Waals surface area contributed by atoms with E-state index in [-0.39, 0.29) is 25.2 Å². The van der Waals surface area contributed by atoms with Crippen LogP contribution < -0.4 is 0 Å². The molecule has 0 radical (unpaired) electrons. The van der Waals surface area contributed by atoms with Crippen LogP contribution >= 0.6 is 0 Å². The SMILES string of the molecule is CC/C=C\C/C=C\C/C=C\C/C=C\C/C=C\C/C=C\C/C=C\C/C=C\C/C=C\CCCCCCCCCC(=O)OC(CO)COC(=O)CCCCCCCC/C=C\C/C=C\C/C=C\C/C=C\CC. The van der Waals surface area contributed by atoms with Crippen molar-refractivity contribution in [1.29, 1.82) is 0 Å². The minimum Gasteiger partial charge on any atom is -0.462 e. The lowest BCUT2D eigenvalue weighted by atomic mass is 10.1. The first kappa shape index (κ1) is 63.5. The molecule has 0 aromatic rings. The van der Waals surface area contributed by atoms with Crippen LogP contribution in [0.3, 0.4) is 0 Å². The van der Waals surface area contributed by atoms with Crippen molar-refractivity contribution in [3.8, 4) is 0 Å². The van der Waals surface area contributed by atoms with Gasteiger partial charge in [0.25, 0.3) is 0 Å². The van der Waals surface area contributed by atoms with Gasteiger partial charge in [0, 0.05) is 12.8 Å². The molecule has 68 heavy (non-hydrogen) atoms. The molecule has 1 unspecified atom stereocenters. The van der Waals surface area contributed by atoms with E-state index in [1.807, 2.05) is 0 Å². The number of rotatable bonds is 47. The first-order valence-corrected chi connectivity index (χ1v) is 27.0. The van der Waals surface area contributed by atoms with E-state index >= 15 is 0 Å². The van der Waals surface area contributed by atoms with Crippen LogP contribution in [0.25, 0.3) is 0 Å². The lowest BCUT2D eigenvalue weighted by Crippen LogP contribution is -2.28. The van der Waals surface area contributed by atoms with Gasteiger partial charge in [0.2, 0.25) is 0 Å². The molecule has 0 spiro atoms. The summed E-state index contributed by atoms with van der Waals surface area (Å²) >= 11 is 0. The minimum absolute atomic E-state index is 0.0886. The van der Waals surface area contributed by atoms with Crippen LogP contribution in [0.1, 0.15) is 206 Å². The van der Waals surface area contributed by atoms with Crippen molar-refractivity contribution in [3.05, 3.63) is 158 Å². The molecule has 0 rings (SSSR count). The zero-order valence-electron chi connectivity index (χ0n) is 43.3. The van der Waals surface area contributed by atoms with Gasteiger partial charge in [-0.25, -0.2) is 0 Å². The molecule has 0 heterocycles. The van der Waals surface area contributed by atoms with Crippen LogP contribution in [0.5, 0.6) is 0 Å². The van der Waals surface area contributed by atoms with Crippen molar-refractivity contribution in [3.63, 3.8) is 0 Å². The summed E-state index contributed by atoms with van der Waals surface area (Å²) < 4.78 is 10.7. The molecule has 0 saturated heterocycles. The predicted octanol–water partition coefficient (Wildman–Crippen LogP) is 18.4. The topological polar surface area (TPSA) is 72.8 Å². The van der Waals surface area contributed by atoms with Crippen LogP contribution in [0, 0.1) is 0 Å². The van der Waals surface area contributed by atoms with E-state index in [9.17, 15) is 14.7 Å². The second-order valence-electron chi connectivity index (χ2n) is 17.2. The highest BCUT2D eigenvalue weighted by atomic mass is 16.6. The fourth-order valence-corrected chi connectivity index (χ4v) is 6.83. The zero-order valence-corrected chi connectivity index (χ0v) is 43.3. The van der Waals surface area contributed by atoms with Gasteiger partial charge < -0.3 is 14.6 Å². The van der Waals surface area contributed by atoms with Crippen LogP contribution in [-0.2, 0) is 19.1 Å². The number of aliphatic hydroxyl groups is 1. The molecule has 0 aliphatic carbocycles. The van der Waals surface area contributed by atoms with E-state index in [0.29, 0.717) is 12.8 Å². The maximum Gasteiger partial charge on any atom is 0.306 e. The molecule has 5 heteroatoms. The van der Waals surface area contributed by atoms with Gasteiger partial charge in [0.15, 0.2) is 6.10 Å². The van der Waals surface area contributed by atoms with Crippen LogP contribution in [-0.4, -0.2) is 36.4 Å². The molecule has 0 aromatic carbocycles. The molecule has 0 aliphatic rings. The van der Waals surface area contributed by atoms with Gasteiger partial charge in [-0.2, -0.15) is 0 Å². The number of hydrogen-bond donors (Lipinski definition) is 1. The Morgan fingerprint density at radius 3 is 0.882 bits per heavy atom. The van der Waals surface area contributed by atoms with Gasteiger partial charge in [0.1, 0.15) is 6.61 Å². The third-order valence-electron chi connectivity index (χ3n) is 10.8. The average Bonchev–Trinajstić information content (AvgIpc) is 3.34. The van der Waals surface area contributed by atoms with Gasteiger partial charge >= 0.3 is 11.9 Å². The summed E-state index contributed by atoms with van der Waals surface area (Å²) in [5.41, 5.74) is 0. The quantitative estimate of drug-likeness (QED) is 0.0374. The number of hydrogen-bond acceptors (Lipinski definition) is 5. The number of carbonyl (C=O) groups excluding carboxylic acids is 2. The van der Waals surface area contributed by atoms with Crippen LogP contribution in [0.4, 0.5) is 0 Å². The maximum absolute atomic E-state index is 12.3. The van der Waals surface area contributed by atoms with Gasteiger partial charge in [-0.05, 0) is 122 Å². The number of ether oxygens (including phenoxy) is 2. The number of allylic oxidation sites excluding steroid dienone is 26. The smallest absolute Gasteiger partial charge is 0.306 e. The number of esters is 2. The second-order valence-corrected chi connectivity index (χ2v) is 17.2. The van der Waals surface area contributed by atoms with E-state index in [1.165, 1.54) is 44.9 Å². The molecule has 1 atom stereocenters. The average molecular weight is 935 g/mol. The van der Waals surface area contributed by atoms with E-state index in [1.54, 1.807) is 0 Å². The summed E-state index contributed by atoms with van der Waals surface area (Å²) in [6.07, 6.45) is 87.6. The highest BCUT2D eigenvalue weighted by Gasteiger charge is 2.16. The molecule has 380 valence electrons. The fourth-order valence-electron chi connectivity index (χ4n) is 6.83. The Labute approximate surface area is 418 Å². The van der Waals surface area contributed by atoms with Crippen molar-refractivity contribution in [2.45, 2.75) is 213 Å². The molecule has 0 aromatic heterocycles.